The Balaban J connectivity index is 1.53. The average Bonchev–Trinajstić information content (AvgIpc) is 3.04. The van der Waals surface area contributed by atoms with Crippen LogP contribution in [0.25, 0.3) is 0 Å². The minimum Gasteiger partial charge on any atom is -0.393 e. The molecule has 0 amide bonds. The van der Waals surface area contributed by atoms with Crippen LogP contribution in [0.15, 0.2) is 24.8 Å². The number of piperidine rings is 1. The molecule has 2 fully saturated rings. The summed E-state index contributed by atoms with van der Waals surface area (Å²) in [5, 5.41) is 17.6. The molecule has 4 rings (SSSR count). The fraction of sp³-hybridized carbons (Fsp3) is 0.611. The minimum absolute atomic E-state index is 0.112. The number of hydrogen-bond donors (Lipinski definition) is 2. The maximum atomic E-state index is 9.72. The third-order valence-electron chi connectivity index (χ3n) is 5.34. The van der Waals surface area contributed by atoms with Gasteiger partial charge in [0.15, 0.2) is 0 Å². The number of nitrogens with zero attached hydrogens (tertiary/aromatic N) is 5. The van der Waals surface area contributed by atoms with E-state index in [1.165, 1.54) is 19.3 Å². The minimum atomic E-state index is -0.180. The molecule has 2 N–H and O–H groups in total. The summed E-state index contributed by atoms with van der Waals surface area (Å²) in [6.07, 6.45) is 10.8. The van der Waals surface area contributed by atoms with Gasteiger partial charge in [0.25, 0.3) is 0 Å². The first-order valence-electron chi connectivity index (χ1n) is 9.19. The quantitative estimate of drug-likeness (QED) is 0.866. The molecule has 0 bridgehead atoms. The summed E-state index contributed by atoms with van der Waals surface area (Å²) in [6.45, 7) is 2.13. The van der Waals surface area contributed by atoms with Gasteiger partial charge in [-0.25, -0.2) is 9.97 Å². The Kier molecular flexibility index (Phi) is 4.57. The number of aryl methyl sites for hydroxylation is 1. The molecule has 2 aromatic heterocycles. The molecule has 1 aliphatic carbocycles. The Labute approximate surface area is 148 Å². The smallest absolute Gasteiger partial charge is 0.134 e. The Bertz CT molecular complexity index is 705. The van der Waals surface area contributed by atoms with E-state index in [0.717, 1.165) is 43.1 Å². The SMILES string of the molecule is Cn1cc(C(Nc2cc(N3CCCCC3)ncn2)C2CC(O)C2)cn1. The first-order chi connectivity index (χ1) is 12.2. The third-order valence-corrected chi connectivity index (χ3v) is 5.34. The highest BCUT2D eigenvalue weighted by molar-refractivity contribution is 5.50. The topological polar surface area (TPSA) is 79.1 Å². The van der Waals surface area contributed by atoms with Crippen molar-refractivity contribution in [2.24, 2.45) is 13.0 Å². The first kappa shape index (κ1) is 16.3. The zero-order chi connectivity index (χ0) is 17.2. The lowest BCUT2D eigenvalue weighted by Gasteiger charge is -2.38. The molecule has 7 nitrogen and oxygen atoms in total. The lowest BCUT2D eigenvalue weighted by atomic mass is 9.75. The number of rotatable bonds is 5. The second-order valence-electron chi connectivity index (χ2n) is 7.26. The van der Waals surface area contributed by atoms with Crippen molar-refractivity contribution < 1.29 is 5.11 Å². The number of aromatic nitrogens is 4. The predicted molar refractivity (Wildman–Crippen MR) is 96.4 cm³/mol. The van der Waals surface area contributed by atoms with Gasteiger partial charge in [-0.05, 0) is 38.0 Å². The van der Waals surface area contributed by atoms with Crippen LogP contribution < -0.4 is 10.2 Å². The fourth-order valence-electron chi connectivity index (χ4n) is 3.86. The lowest BCUT2D eigenvalue weighted by Crippen LogP contribution is -2.36. The van der Waals surface area contributed by atoms with Crippen molar-refractivity contribution >= 4 is 11.6 Å². The molecule has 7 heteroatoms. The van der Waals surface area contributed by atoms with E-state index < -0.39 is 0 Å². The Morgan fingerprint density at radius 2 is 2.00 bits per heavy atom. The van der Waals surface area contributed by atoms with E-state index in [2.05, 4.69) is 25.3 Å². The van der Waals surface area contributed by atoms with Crippen LogP contribution in [0.5, 0.6) is 0 Å². The monoisotopic (exact) mass is 342 g/mol. The van der Waals surface area contributed by atoms with Crippen molar-refractivity contribution in [2.75, 3.05) is 23.3 Å². The van der Waals surface area contributed by atoms with Gasteiger partial charge in [0.1, 0.15) is 18.0 Å². The van der Waals surface area contributed by atoms with E-state index in [1.54, 1.807) is 6.33 Å². The molecule has 0 spiro atoms. The van der Waals surface area contributed by atoms with Crippen molar-refractivity contribution in [2.45, 2.75) is 44.2 Å². The fourth-order valence-corrected chi connectivity index (χ4v) is 3.86. The summed E-state index contributed by atoms with van der Waals surface area (Å²) < 4.78 is 1.82. The van der Waals surface area contributed by atoms with Gasteiger partial charge in [-0.2, -0.15) is 5.10 Å². The normalized spacial score (nSPS) is 24.6. The Morgan fingerprint density at radius 3 is 2.68 bits per heavy atom. The highest BCUT2D eigenvalue weighted by Gasteiger charge is 2.35. The van der Waals surface area contributed by atoms with Crippen molar-refractivity contribution in [3.05, 3.63) is 30.4 Å². The number of nitrogens with one attached hydrogen (secondary N) is 1. The molecule has 25 heavy (non-hydrogen) atoms. The number of aliphatic hydroxyl groups excluding tert-OH is 1. The Morgan fingerprint density at radius 1 is 1.20 bits per heavy atom. The van der Waals surface area contributed by atoms with E-state index in [1.807, 2.05) is 30.2 Å². The van der Waals surface area contributed by atoms with Gasteiger partial charge >= 0.3 is 0 Å². The number of anilines is 2. The van der Waals surface area contributed by atoms with E-state index in [0.29, 0.717) is 5.92 Å². The molecule has 0 aromatic carbocycles. The highest BCUT2D eigenvalue weighted by atomic mass is 16.3. The van der Waals surface area contributed by atoms with E-state index in [9.17, 15) is 5.11 Å². The van der Waals surface area contributed by atoms with Crippen LogP contribution in [0, 0.1) is 5.92 Å². The van der Waals surface area contributed by atoms with Crippen LogP contribution >= 0.6 is 0 Å². The molecule has 1 saturated carbocycles. The summed E-state index contributed by atoms with van der Waals surface area (Å²) in [5.41, 5.74) is 1.14. The largest absolute Gasteiger partial charge is 0.393 e. The van der Waals surface area contributed by atoms with Gasteiger partial charge in [-0.3, -0.25) is 4.68 Å². The second kappa shape index (κ2) is 7.00. The van der Waals surface area contributed by atoms with Crippen molar-refractivity contribution in [1.29, 1.82) is 0 Å². The second-order valence-corrected chi connectivity index (χ2v) is 7.26. The van der Waals surface area contributed by atoms with Gasteiger partial charge in [0, 0.05) is 38.0 Å². The summed E-state index contributed by atoms with van der Waals surface area (Å²) >= 11 is 0. The standard InChI is InChI=1S/C18H26N6O/c1-23-11-14(10-21-23)18(13-7-15(25)8-13)22-16-9-17(20-12-19-16)24-5-3-2-4-6-24/h9-13,15,18,25H,2-8H2,1H3,(H,19,20,22). The zero-order valence-corrected chi connectivity index (χ0v) is 14.7. The van der Waals surface area contributed by atoms with Crippen LogP contribution in [0.4, 0.5) is 11.6 Å². The van der Waals surface area contributed by atoms with Crippen LogP contribution in [0.3, 0.4) is 0 Å². The van der Waals surface area contributed by atoms with Crippen LogP contribution in [-0.4, -0.2) is 44.0 Å². The number of aliphatic hydroxyl groups is 1. The maximum Gasteiger partial charge on any atom is 0.134 e. The summed E-state index contributed by atoms with van der Waals surface area (Å²) in [7, 11) is 1.93. The van der Waals surface area contributed by atoms with Gasteiger partial charge < -0.3 is 15.3 Å². The average molecular weight is 342 g/mol. The molecular formula is C18H26N6O. The zero-order valence-electron chi connectivity index (χ0n) is 14.7. The summed E-state index contributed by atoms with van der Waals surface area (Å²) in [6, 6.07) is 2.16. The molecule has 1 atom stereocenters. The molecule has 0 radical (unpaired) electrons. The third kappa shape index (κ3) is 3.61. The molecule has 134 valence electrons. The van der Waals surface area contributed by atoms with Gasteiger partial charge in [0.2, 0.25) is 0 Å². The van der Waals surface area contributed by atoms with Crippen LogP contribution in [0.1, 0.15) is 43.7 Å². The predicted octanol–water partition coefficient (Wildman–Crippen LogP) is 2.12. The van der Waals surface area contributed by atoms with Crippen molar-refractivity contribution in [3.63, 3.8) is 0 Å². The van der Waals surface area contributed by atoms with Crippen molar-refractivity contribution in [3.8, 4) is 0 Å². The van der Waals surface area contributed by atoms with Crippen LogP contribution in [0.2, 0.25) is 0 Å². The number of hydrogen-bond acceptors (Lipinski definition) is 6. The molecule has 3 heterocycles. The first-order valence-corrected chi connectivity index (χ1v) is 9.19. The van der Waals surface area contributed by atoms with Crippen molar-refractivity contribution in [1.82, 2.24) is 19.7 Å². The molecule has 1 unspecified atom stereocenters. The molecule has 2 aromatic rings. The van der Waals surface area contributed by atoms with E-state index in [4.69, 9.17) is 0 Å². The summed E-state index contributed by atoms with van der Waals surface area (Å²) in [4.78, 5) is 11.2. The molecular weight excluding hydrogens is 316 g/mol. The molecule has 2 aliphatic rings. The van der Waals surface area contributed by atoms with Gasteiger partial charge in [0.05, 0.1) is 18.3 Å². The molecule has 1 saturated heterocycles. The van der Waals surface area contributed by atoms with E-state index in [-0.39, 0.29) is 12.1 Å². The van der Waals surface area contributed by atoms with Gasteiger partial charge in [-0.1, -0.05) is 0 Å². The maximum absolute atomic E-state index is 9.72. The van der Waals surface area contributed by atoms with Crippen LogP contribution in [-0.2, 0) is 7.05 Å². The lowest BCUT2D eigenvalue weighted by molar-refractivity contribution is 0.0339. The highest BCUT2D eigenvalue weighted by Crippen LogP contribution is 2.39. The summed E-state index contributed by atoms with van der Waals surface area (Å²) in [5.74, 6) is 2.23. The molecule has 1 aliphatic heterocycles. The van der Waals surface area contributed by atoms with E-state index >= 15 is 0 Å². The van der Waals surface area contributed by atoms with Gasteiger partial charge in [-0.15, -0.1) is 0 Å². The Hall–Kier alpha value is -2.15.